The van der Waals surface area contributed by atoms with Gasteiger partial charge in [-0.1, -0.05) is 17.8 Å². The van der Waals surface area contributed by atoms with Crippen LogP contribution in [0.25, 0.3) is 0 Å². The number of amides is 1. The molecule has 1 amide bonds. The van der Waals surface area contributed by atoms with Crippen molar-refractivity contribution in [3.05, 3.63) is 33.9 Å². The molecule has 21 heavy (non-hydrogen) atoms. The van der Waals surface area contributed by atoms with Gasteiger partial charge in [0.1, 0.15) is 0 Å². The molecule has 0 aliphatic carbocycles. The van der Waals surface area contributed by atoms with Gasteiger partial charge < -0.3 is 4.90 Å². The number of hydrogen-bond acceptors (Lipinski definition) is 5. The van der Waals surface area contributed by atoms with Gasteiger partial charge in [0, 0.05) is 37.3 Å². The van der Waals surface area contributed by atoms with E-state index in [1.54, 1.807) is 24.0 Å². The van der Waals surface area contributed by atoms with Crippen LogP contribution in [0.15, 0.2) is 18.2 Å². The zero-order valence-electron chi connectivity index (χ0n) is 11.9. The molecule has 0 aromatic heterocycles. The maximum Gasteiger partial charge on any atom is 0.274 e. The van der Waals surface area contributed by atoms with E-state index in [1.165, 1.54) is 24.8 Å². The SMILES string of the molecule is CC(=O)SCC1CC(=O)N(c2ccc(C)c([N+](=O)[O-])c2)C1. The lowest BCUT2D eigenvalue weighted by Gasteiger charge is -2.17. The highest BCUT2D eigenvalue weighted by atomic mass is 32.2. The average Bonchev–Trinajstić information content (AvgIpc) is 2.78. The Labute approximate surface area is 126 Å². The Morgan fingerprint density at radius 1 is 1.52 bits per heavy atom. The summed E-state index contributed by atoms with van der Waals surface area (Å²) in [6.07, 6.45) is 0.377. The van der Waals surface area contributed by atoms with Gasteiger partial charge in [-0.2, -0.15) is 0 Å². The van der Waals surface area contributed by atoms with Crippen LogP contribution in [-0.2, 0) is 9.59 Å². The molecule has 1 fully saturated rings. The molecule has 0 spiro atoms. The third kappa shape index (κ3) is 3.60. The fourth-order valence-electron chi connectivity index (χ4n) is 2.34. The molecule has 1 unspecified atom stereocenters. The first-order chi connectivity index (χ1) is 9.88. The fraction of sp³-hybridized carbons (Fsp3) is 0.429. The number of thioether (sulfide) groups is 1. The van der Waals surface area contributed by atoms with Crippen molar-refractivity contribution in [1.82, 2.24) is 0 Å². The molecule has 0 saturated carbocycles. The second kappa shape index (κ2) is 6.26. The minimum Gasteiger partial charge on any atom is -0.312 e. The summed E-state index contributed by atoms with van der Waals surface area (Å²) in [5.41, 5.74) is 1.13. The van der Waals surface area contributed by atoms with Crippen LogP contribution in [0.4, 0.5) is 11.4 Å². The Hall–Kier alpha value is -1.89. The molecule has 7 heteroatoms. The molecular formula is C14H16N2O4S. The van der Waals surface area contributed by atoms with Gasteiger partial charge in [-0.05, 0) is 18.9 Å². The van der Waals surface area contributed by atoms with Crippen molar-refractivity contribution >= 4 is 34.2 Å². The molecule has 0 radical (unpaired) electrons. The van der Waals surface area contributed by atoms with Gasteiger partial charge in [0.15, 0.2) is 5.12 Å². The highest BCUT2D eigenvalue weighted by Crippen LogP contribution is 2.31. The van der Waals surface area contributed by atoms with Crippen molar-refractivity contribution in [3.8, 4) is 0 Å². The fourth-order valence-corrected chi connectivity index (χ4v) is 3.03. The van der Waals surface area contributed by atoms with E-state index in [0.717, 1.165) is 0 Å². The average molecular weight is 308 g/mol. The maximum atomic E-state index is 12.1. The standard InChI is InChI=1S/C14H16N2O4S/c1-9-3-4-12(6-13(9)16(19)20)15-7-11(5-14(15)18)8-21-10(2)17/h3-4,6,11H,5,7-8H2,1-2H3. The molecule has 1 aromatic rings. The first kappa shape index (κ1) is 15.5. The van der Waals surface area contributed by atoms with Gasteiger partial charge in [-0.15, -0.1) is 0 Å². The maximum absolute atomic E-state index is 12.1. The number of benzene rings is 1. The second-order valence-electron chi connectivity index (χ2n) is 5.10. The number of nitro benzene ring substituents is 1. The first-order valence-electron chi connectivity index (χ1n) is 6.57. The number of rotatable bonds is 4. The highest BCUT2D eigenvalue weighted by Gasteiger charge is 2.31. The molecule has 112 valence electrons. The van der Waals surface area contributed by atoms with E-state index in [1.807, 2.05) is 0 Å². The van der Waals surface area contributed by atoms with E-state index in [4.69, 9.17) is 0 Å². The lowest BCUT2D eigenvalue weighted by atomic mass is 10.1. The van der Waals surface area contributed by atoms with E-state index in [-0.39, 0.29) is 22.6 Å². The van der Waals surface area contributed by atoms with E-state index in [0.29, 0.717) is 30.0 Å². The van der Waals surface area contributed by atoms with E-state index in [9.17, 15) is 19.7 Å². The number of carbonyl (C=O) groups is 2. The monoisotopic (exact) mass is 308 g/mol. The Morgan fingerprint density at radius 2 is 2.24 bits per heavy atom. The Balaban J connectivity index is 2.15. The predicted molar refractivity (Wildman–Crippen MR) is 81.4 cm³/mol. The zero-order chi connectivity index (χ0) is 15.6. The number of nitrogens with zero attached hydrogens (tertiary/aromatic N) is 2. The molecule has 6 nitrogen and oxygen atoms in total. The molecule has 0 N–H and O–H groups in total. The molecule has 2 rings (SSSR count). The molecular weight excluding hydrogens is 292 g/mol. The van der Waals surface area contributed by atoms with Crippen LogP contribution in [0.1, 0.15) is 18.9 Å². The Morgan fingerprint density at radius 3 is 2.86 bits per heavy atom. The Kier molecular flexibility index (Phi) is 4.62. The van der Waals surface area contributed by atoms with Crippen molar-refractivity contribution in [3.63, 3.8) is 0 Å². The summed E-state index contributed by atoms with van der Waals surface area (Å²) in [6, 6.07) is 4.81. The normalized spacial score (nSPS) is 18.1. The van der Waals surface area contributed by atoms with Crippen LogP contribution in [0, 0.1) is 23.0 Å². The van der Waals surface area contributed by atoms with Gasteiger partial charge in [0.2, 0.25) is 5.91 Å². The second-order valence-corrected chi connectivity index (χ2v) is 6.30. The largest absolute Gasteiger partial charge is 0.312 e. The van der Waals surface area contributed by atoms with E-state index >= 15 is 0 Å². The van der Waals surface area contributed by atoms with Crippen molar-refractivity contribution in [2.24, 2.45) is 5.92 Å². The number of anilines is 1. The Bertz CT molecular complexity index is 603. The minimum absolute atomic E-state index is 0.0156. The predicted octanol–water partition coefficient (Wildman–Crippen LogP) is 2.54. The summed E-state index contributed by atoms with van der Waals surface area (Å²) in [5.74, 6) is 0.653. The minimum atomic E-state index is -0.442. The van der Waals surface area contributed by atoms with Crippen LogP contribution in [0.2, 0.25) is 0 Å². The van der Waals surface area contributed by atoms with Crippen LogP contribution >= 0.6 is 11.8 Å². The summed E-state index contributed by atoms with van der Waals surface area (Å²) in [5, 5.41) is 11.0. The smallest absolute Gasteiger partial charge is 0.274 e. The zero-order valence-corrected chi connectivity index (χ0v) is 12.7. The van der Waals surface area contributed by atoms with Crippen LogP contribution in [0.3, 0.4) is 0 Å². The molecule has 1 atom stereocenters. The summed E-state index contributed by atoms with van der Waals surface area (Å²) in [7, 11) is 0. The lowest BCUT2D eigenvalue weighted by molar-refractivity contribution is -0.385. The number of carbonyl (C=O) groups excluding carboxylic acids is 2. The van der Waals surface area contributed by atoms with Gasteiger partial charge in [-0.25, -0.2) is 0 Å². The molecule has 1 aromatic carbocycles. The molecule has 0 bridgehead atoms. The number of hydrogen-bond donors (Lipinski definition) is 0. The third-order valence-electron chi connectivity index (χ3n) is 3.43. The van der Waals surface area contributed by atoms with Gasteiger partial charge >= 0.3 is 0 Å². The number of aryl methyl sites for hydroxylation is 1. The van der Waals surface area contributed by atoms with Crippen molar-refractivity contribution < 1.29 is 14.5 Å². The summed E-state index contributed by atoms with van der Waals surface area (Å²) in [6.45, 7) is 3.67. The topological polar surface area (TPSA) is 80.5 Å². The van der Waals surface area contributed by atoms with Crippen molar-refractivity contribution in [2.45, 2.75) is 20.3 Å². The lowest BCUT2D eigenvalue weighted by Crippen LogP contribution is -2.24. The van der Waals surface area contributed by atoms with Crippen molar-refractivity contribution in [1.29, 1.82) is 0 Å². The highest BCUT2D eigenvalue weighted by molar-refractivity contribution is 8.13. The van der Waals surface area contributed by atoms with Gasteiger partial charge in [-0.3, -0.25) is 19.7 Å². The summed E-state index contributed by atoms with van der Waals surface area (Å²) < 4.78 is 0. The third-order valence-corrected chi connectivity index (χ3v) is 4.47. The summed E-state index contributed by atoms with van der Waals surface area (Å²) in [4.78, 5) is 35.1. The molecule has 1 aliphatic rings. The molecule has 1 saturated heterocycles. The van der Waals surface area contributed by atoms with Crippen LogP contribution < -0.4 is 4.90 Å². The quantitative estimate of drug-likeness (QED) is 0.630. The molecule has 1 aliphatic heterocycles. The van der Waals surface area contributed by atoms with Crippen LogP contribution in [0.5, 0.6) is 0 Å². The van der Waals surface area contributed by atoms with Crippen LogP contribution in [-0.4, -0.2) is 28.2 Å². The summed E-state index contributed by atoms with van der Waals surface area (Å²) >= 11 is 1.21. The molecule has 1 heterocycles. The van der Waals surface area contributed by atoms with Gasteiger partial charge in [0.05, 0.1) is 10.6 Å². The van der Waals surface area contributed by atoms with Crippen molar-refractivity contribution in [2.75, 3.05) is 17.2 Å². The van der Waals surface area contributed by atoms with E-state index < -0.39 is 4.92 Å². The van der Waals surface area contributed by atoms with E-state index in [2.05, 4.69) is 0 Å². The van der Waals surface area contributed by atoms with Gasteiger partial charge in [0.25, 0.3) is 5.69 Å². The first-order valence-corrected chi connectivity index (χ1v) is 7.56. The number of nitro groups is 1.